The van der Waals surface area contributed by atoms with E-state index in [2.05, 4.69) is 28.4 Å². The highest BCUT2D eigenvalue weighted by atomic mass is 35.5. The minimum Gasteiger partial charge on any atom is -0.390 e. The SMILES string of the molecule is CCC1(c2c(C#N)c(Cl)c3cnc(N[C@@H]4CCN(S(C)(=O)=O)C[C@H]4O)nn23)CCC1. The van der Waals surface area contributed by atoms with Crippen molar-refractivity contribution in [3.8, 4) is 6.07 Å². The summed E-state index contributed by atoms with van der Waals surface area (Å²) in [5.41, 5.74) is 1.75. The van der Waals surface area contributed by atoms with Crippen molar-refractivity contribution < 1.29 is 13.5 Å². The summed E-state index contributed by atoms with van der Waals surface area (Å²) in [6.45, 7) is 2.45. The molecule has 2 N–H and O–H groups in total. The summed E-state index contributed by atoms with van der Waals surface area (Å²) >= 11 is 6.49. The fourth-order valence-electron chi connectivity index (χ4n) is 4.57. The summed E-state index contributed by atoms with van der Waals surface area (Å²) in [6, 6.07) is 1.86. The number of halogens is 1. The highest BCUT2D eigenvalue weighted by Crippen LogP contribution is 2.49. The first kappa shape index (κ1) is 21.3. The topological polar surface area (TPSA) is 124 Å². The summed E-state index contributed by atoms with van der Waals surface area (Å²) in [4.78, 5) is 4.32. The largest absolute Gasteiger partial charge is 0.390 e. The van der Waals surface area contributed by atoms with Crippen LogP contribution in [0.3, 0.4) is 0 Å². The summed E-state index contributed by atoms with van der Waals surface area (Å²) in [7, 11) is -3.35. The number of aromatic nitrogens is 3. The Morgan fingerprint density at radius 3 is 2.73 bits per heavy atom. The van der Waals surface area contributed by atoms with Gasteiger partial charge in [0.05, 0.1) is 40.9 Å². The van der Waals surface area contributed by atoms with Gasteiger partial charge < -0.3 is 10.4 Å². The third-order valence-electron chi connectivity index (χ3n) is 6.55. The summed E-state index contributed by atoms with van der Waals surface area (Å²) < 4.78 is 26.4. The molecule has 0 radical (unpaired) electrons. The van der Waals surface area contributed by atoms with Gasteiger partial charge in [0.1, 0.15) is 11.6 Å². The number of β-amino-alcohol motifs (C(OH)–C–C–N with tert-alkyl or cyclic N) is 1. The first-order valence-electron chi connectivity index (χ1n) is 10.1. The van der Waals surface area contributed by atoms with E-state index in [1.54, 1.807) is 10.7 Å². The van der Waals surface area contributed by atoms with Crippen molar-refractivity contribution in [3.63, 3.8) is 0 Å². The van der Waals surface area contributed by atoms with E-state index in [4.69, 9.17) is 11.6 Å². The Bertz CT molecular complexity index is 1120. The number of nitrogens with one attached hydrogen (secondary N) is 1. The Labute approximate surface area is 180 Å². The maximum absolute atomic E-state index is 11.7. The molecule has 2 fully saturated rings. The number of rotatable bonds is 5. The van der Waals surface area contributed by atoms with Gasteiger partial charge in [-0.1, -0.05) is 24.9 Å². The highest BCUT2D eigenvalue weighted by Gasteiger charge is 2.43. The monoisotopic (exact) mass is 452 g/mol. The zero-order valence-corrected chi connectivity index (χ0v) is 18.5. The standard InChI is InChI=1S/C19H25ClN6O3S/c1-3-19(6-4-7-19)17-12(9-21)16(20)14-10-22-18(24-26(14)17)23-13-5-8-25(11-15(13)27)30(2,28)29/h10,13,15,27H,3-8,11H2,1-2H3,(H,23,24)/t13-,15-/m1/s1. The quantitative estimate of drug-likeness (QED) is 0.709. The van der Waals surface area contributed by atoms with Crippen LogP contribution in [0.15, 0.2) is 6.20 Å². The van der Waals surface area contributed by atoms with E-state index in [9.17, 15) is 18.8 Å². The molecule has 1 aliphatic carbocycles. The second-order valence-electron chi connectivity index (χ2n) is 8.24. The van der Waals surface area contributed by atoms with Gasteiger partial charge in [0, 0.05) is 18.5 Å². The van der Waals surface area contributed by atoms with Crippen molar-refractivity contribution in [2.24, 2.45) is 0 Å². The summed E-state index contributed by atoms with van der Waals surface area (Å²) in [5.74, 6) is 0.308. The van der Waals surface area contributed by atoms with Crippen molar-refractivity contribution in [1.82, 2.24) is 18.9 Å². The molecular weight excluding hydrogens is 428 g/mol. The number of nitrogens with zero attached hydrogens (tertiary/aromatic N) is 5. The van der Waals surface area contributed by atoms with Crippen LogP contribution >= 0.6 is 11.6 Å². The molecule has 2 aliphatic rings. The van der Waals surface area contributed by atoms with Gasteiger partial charge in [0.2, 0.25) is 16.0 Å². The average molecular weight is 453 g/mol. The minimum atomic E-state index is -3.35. The molecule has 0 amide bonds. The molecule has 0 bridgehead atoms. The first-order chi connectivity index (χ1) is 14.2. The van der Waals surface area contributed by atoms with Crippen LogP contribution in [0.1, 0.15) is 50.3 Å². The molecule has 162 valence electrons. The molecule has 0 unspecified atom stereocenters. The van der Waals surface area contributed by atoms with Gasteiger partial charge in [-0.25, -0.2) is 17.9 Å². The summed E-state index contributed by atoms with van der Waals surface area (Å²) in [5, 5.41) is 28.3. The van der Waals surface area contributed by atoms with E-state index in [-0.39, 0.29) is 18.0 Å². The Hall–Kier alpha value is -1.93. The second kappa shape index (κ2) is 7.64. The number of piperidine rings is 1. The van der Waals surface area contributed by atoms with Gasteiger partial charge in [-0.15, -0.1) is 5.10 Å². The number of fused-ring (bicyclic) bond motifs is 1. The number of aliphatic hydroxyl groups excluding tert-OH is 1. The van der Waals surface area contributed by atoms with E-state index in [0.717, 1.165) is 37.6 Å². The Morgan fingerprint density at radius 2 is 2.20 bits per heavy atom. The highest BCUT2D eigenvalue weighted by molar-refractivity contribution is 7.88. The van der Waals surface area contributed by atoms with Crippen molar-refractivity contribution >= 4 is 33.1 Å². The molecule has 3 heterocycles. The first-order valence-corrected chi connectivity index (χ1v) is 12.3. The molecule has 2 aromatic heterocycles. The van der Waals surface area contributed by atoms with Gasteiger partial charge in [-0.2, -0.15) is 9.57 Å². The predicted octanol–water partition coefficient (Wildman–Crippen LogP) is 1.89. The van der Waals surface area contributed by atoms with Crippen molar-refractivity contribution in [1.29, 1.82) is 5.26 Å². The number of anilines is 1. The van der Waals surface area contributed by atoms with Gasteiger partial charge in [-0.05, 0) is 25.7 Å². The molecule has 2 aromatic rings. The third kappa shape index (κ3) is 3.43. The molecule has 1 saturated carbocycles. The molecule has 30 heavy (non-hydrogen) atoms. The molecule has 0 aromatic carbocycles. The van der Waals surface area contributed by atoms with Crippen LogP contribution in [0, 0.1) is 11.3 Å². The lowest BCUT2D eigenvalue weighted by Crippen LogP contribution is -2.51. The molecule has 11 heteroatoms. The number of sulfonamides is 1. The van der Waals surface area contributed by atoms with Gasteiger partial charge in [0.25, 0.3) is 0 Å². The summed E-state index contributed by atoms with van der Waals surface area (Å²) in [6.07, 6.45) is 6.22. The van der Waals surface area contributed by atoms with Crippen LogP contribution in [-0.2, 0) is 15.4 Å². The van der Waals surface area contributed by atoms with E-state index in [0.29, 0.717) is 35.0 Å². The maximum Gasteiger partial charge on any atom is 0.241 e. The van der Waals surface area contributed by atoms with Crippen molar-refractivity contribution in [2.45, 2.75) is 56.6 Å². The fourth-order valence-corrected chi connectivity index (χ4v) is 5.69. The maximum atomic E-state index is 11.7. The third-order valence-corrected chi connectivity index (χ3v) is 8.21. The van der Waals surface area contributed by atoms with Crippen molar-refractivity contribution in [2.75, 3.05) is 24.7 Å². The van der Waals surface area contributed by atoms with Crippen LogP contribution in [0.4, 0.5) is 5.95 Å². The Kier molecular flexibility index (Phi) is 5.43. The van der Waals surface area contributed by atoms with E-state index in [1.165, 1.54) is 4.31 Å². The van der Waals surface area contributed by atoms with Crippen LogP contribution < -0.4 is 5.32 Å². The molecule has 0 spiro atoms. The second-order valence-corrected chi connectivity index (χ2v) is 10.6. The van der Waals surface area contributed by atoms with Gasteiger partial charge in [-0.3, -0.25) is 0 Å². The van der Waals surface area contributed by atoms with E-state index in [1.807, 2.05) is 0 Å². The lowest BCUT2D eigenvalue weighted by Gasteiger charge is -2.41. The normalized spacial score (nSPS) is 24.4. The molecule has 2 atom stereocenters. The zero-order chi connectivity index (χ0) is 21.7. The number of nitriles is 1. The van der Waals surface area contributed by atoms with Crippen molar-refractivity contribution in [3.05, 3.63) is 22.5 Å². The zero-order valence-electron chi connectivity index (χ0n) is 17.0. The lowest BCUT2D eigenvalue weighted by atomic mass is 9.64. The van der Waals surface area contributed by atoms with E-state index >= 15 is 0 Å². The molecule has 4 rings (SSSR count). The van der Waals surface area contributed by atoms with Gasteiger partial charge >= 0.3 is 0 Å². The molecule has 1 saturated heterocycles. The molecular formula is C19H25ClN6O3S. The Morgan fingerprint density at radius 1 is 1.47 bits per heavy atom. The number of hydrogen-bond donors (Lipinski definition) is 2. The predicted molar refractivity (Wildman–Crippen MR) is 113 cm³/mol. The minimum absolute atomic E-state index is 0.0247. The fraction of sp³-hybridized carbons (Fsp3) is 0.632. The van der Waals surface area contributed by atoms with Crippen LogP contribution in [-0.4, -0.2) is 63.9 Å². The van der Waals surface area contributed by atoms with Crippen LogP contribution in [0.2, 0.25) is 5.02 Å². The van der Waals surface area contributed by atoms with E-state index < -0.39 is 16.1 Å². The van der Waals surface area contributed by atoms with Crippen LogP contribution in [0.25, 0.3) is 5.52 Å². The smallest absolute Gasteiger partial charge is 0.241 e. The van der Waals surface area contributed by atoms with Crippen LogP contribution in [0.5, 0.6) is 0 Å². The molecule has 1 aliphatic heterocycles. The Balaban J connectivity index is 1.67. The van der Waals surface area contributed by atoms with Gasteiger partial charge in [0.15, 0.2) is 0 Å². The molecule has 9 nitrogen and oxygen atoms in total. The average Bonchev–Trinajstić information content (AvgIpc) is 2.94. The lowest BCUT2D eigenvalue weighted by molar-refractivity contribution is 0.0950. The number of hydrogen-bond acceptors (Lipinski definition) is 7. The number of aliphatic hydroxyl groups is 1.